The van der Waals surface area contributed by atoms with Crippen molar-refractivity contribution < 1.29 is 27.9 Å². The second kappa shape index (κ2) is 4.19. The molecule has 0 saturated heterocycles. The zero-order valence-corrected chi connectivity index (χ0v) is 8.84. The van der Waals surface area contributed by atoms with Crippen molar-refractivity contribution in [3.05, 3.63) is 18.1 Å². The molecule has 0 bridgehead atoms. The Bertz CT molecular complexity index is 665. The first-order valence-electron chi connectivity index (χ1n) is 4.61. The van der Waals surface area contributed by atoms with E-state index >= 15 is 0 Å². The summed E-state index contributed by atoms with van der Waals surface area (Å²) in [5.74, 6) is -4.71. The van der Waals surface area contributed by atoms with Crippen molar-refractivity contribution in [1.82, 2.24) is 19.6 Å². The Kier molecular flexibility index (Phi) is 2.81. The van der Waals surface area contributed by atoms with E-state index in [-0.39, 0.29) is 5.78 Å². The summed E-state index contributed by atoms with van der Waals surface area (Å²) < 4.78 is 37.2. The molecule has 2 rings (SSSR count). The maximum atomic E-state index is 12.2. The number of carbonyl (C=O) groups excluding carboxylic acids is 1. The Balaban J connectivity index is 2.56. The number of carboxylic acid groups (broad SMARTS) is 1. The Morgan fingerprint density at radius 2 is 2.00 bits per heavy atom. The summed E-state index contributed by atoms with van der Waals surface area (Å²) in [5, 5.41) is 13.8. The molecule has 11 heteroatoms. The molecule has 2 N–H and O–H groups in total. The van der Waals surface area contributed by atoms with Crippen molar-refractivity contribution in [2.24, 2.45) is 0 Å². The smallest absolute Gasteiger partial charge is 0.471 e. The topological polar surface area (TPSA) is 109 Å². The van der Waals surface area contributed by atoms with Crippen molar-refractivity contribution in [3.8, 4) is 0 Å². The molecule has 2 aromatic heterocycles. The van der Waals surface area contributed by atoms with Gasteiger partial charge in [0.1, 0.15) is 11.9 Å². The average Bonchev–Trinajstić information content (AvgIpc) is 2.75. The molecule has 100 valence electrons. The summed E-state index contributed by atoms with van der Waals surface area (Å²) >= 11 is 0. The van der Waals surface area contributed by atoms with Gasteiger partial charge in [-0.05, 0) is 0 Å². The summed E-state index contributed by atoms with van der Waals surface area (Å²) in [6.07, 6.45) is -3.43. The standard InChI is InChI=1S/C8H4F3N5O3/c9-8(10,11)6(19)15-4-3(5(17)18)1-12-7-13-2-14-16(4)7/h1-2H,(H,15,19)(H,17,18). The fourth-order valence-electron chi connectivity index (χ4n) is 1.23. The summed E-state index contributed by atoms with van der Waals surface area (Å²) in [7, 11) is 0. The molecule has 0 spiro atoms. The first kappa shape index (κ1) is 12.7. The molecule has 0 fully saturated rings. The number of nitrogens with zero attached hydrogens (tertiary/aromatic N) is 4. The number of rotatable bonds is 2. The number of amides is 1. The minimum Gasteiger partial charge on any atom is -0.477 e. The van der Waals surface area contributed by atoms with E-state index in [0.29, 0.717) is 4.52 Å². The van der Waals surface area contributed by atoms with Gasteiger partial charge < -0.3 is 10.4 Å². The molecule has 2 aromatic rings. The van der Waals surface area contributed by atoms with Crippen molar-refractivity contribution in [2.45, 2.75) is 6.18 Å². The zero-order valence-electron chi connectivity index (χ0n) is 8.84. The number of anilines is 1. The maximum Gasteiger partial charge on any atom is 0.471 e. The SMILES string of the molecule is O=C(O)c1cnc2ncnn2c1NC(=O)C(F)(F)F. The highest BCUT2D eigenvalue weighted by Gasteiger charge is 2.39. The number of hydrogen-bond acceptors (Lipinski definition) is 5. The van der Waals surface area contributed by atoms with E-state index < -0.39 is 29.4 Å². The van der Waals surface area contributed by atoms with Crippen LogP contribution in [0.3, 0.4) is 0 Å². The molecular formula is C8H4F3N5O3. The number of carboxylic acids is 1. The molecule has 0 unspecified atom stereocenters. The minimum atomic E-state index is -5.16. The first-order valence-corrected chi connectivity index (χ1v) is 4.61. The average molecular weight is 275 g/mol. The minimum absolute atomic E-state index is 0.150. The highest BCUT2D eigenvalue weighted by molar-refractivity contribution is 6.01. The second-order valence-corrected chi connectivity index (χ2v) is 3.25. The summed E-state index contributed by atoms with van der Waals surface area (Å²) in [6.45, 7) is 0. The molecule has 1 amide bonds. The van der Waals surface area contributed by atoms with E-state index in [4.69, 9.17) is 5.11 Å². The molecular weight excluding hydrogens is 271 g/mol. The lowest BCUT2D eigenvalue weighted by Gasteiger charge is -2.10. The molecule has 0 saturated carbocycles. The fraction of sp³-hybridized carbons (Fsp3) is 0.125. The second-order valence-electron chi connectivity index (χ2n) is 3.25. The molecule has 0 aliphatic heterocycles. The lowest BCUT2D eigenvalue weighted by Crippen LogP contribution is -2.31. The van der Waals surface area contributed by atoms with Gasteiger partial charge in [-0.15, -0.1) is 0 Å². The van der Waals surface area contributed by atoms with Gasteiger partial charge in [0.2, 0.25) is 0 Å². The van der Waals surface area contributed by atoms with E-state index in [9.17, 15) is 22.8 Å². The van der Waals surface area contributed by atoms with Gasteiger partial charge in [-0.2, -0.15) is 27.8 Å². The number of alkyl halides is 3. The molecule has 0 atom stereocenters. The summed E-state index contributed by atoms with van der Waals surface area (Å²) in [5.41, 5.74) is -0.643. The Morgan fingerprint density at radius 3 is 2.58 bits per heavy atom. The van der Waals surface area contributed by atoms with Crippen LogP contribution in [0, 0.1) is 0 Å². The molecule has 19 heavy (non-hydrogen) atoms. The van der Waals surface area contributed by atoms with Crippen LogP contribution in [0.1, 0.15) is 10.4 Å². The van der Waals surface area contributed by atoms with E-state index in [2.05, 4.69) is 15.1 Å². The highest BCUT2D eigenvalue weighted by Crippen LogP contribution is 2.20. The third kappa shape index (κ3) is 2.29. The molecule has 0 radical (unpaired) electrons. The normalized spacial score (nSPS) is 11.5. The molecule has 8 nitrogen and oxygen atoms in total. The third-order valence-corrected chi connectivity index (χ3v) is 2.03. The molecule has 0 aliphatic carbocycles. The summed E-state index contributed by atoms with van der Waals surface area (Å²) in [4.78, 5) is 28.9. The van der Waals surface area contributed by atoms with Crippen LogP contribution < -0.4 is 5.32 Å². The fourth-order valence-corrected chi connectivity index (χ4v) is 1.23. The van der Waals surface area contributed by atoms with Gasteiger partial charge in [0, 0.05) is 6.20 Å². The van der Waals surface area contributed by atoms with Gasteiger partial charge >= 0.3 is 18.1 Å². The highest BCUT2D eigenvalue weighted by atomic mass is 19.4. The van der Waals surface area contributed by atoms with Crippen LogP contribution in [0.15, 0.2) is 12.5 Å². The van der Waals surface area contributed by atoms with Gasteiger partial charge in [-0.3, -0.25) is 4.79 Å². The Hall–Kier alpha value is -2.72. The van der Waals surface area contributed by atoms with Crippen LogP contribution in [-0.2, 0) is 4.79 Å². The number of carbonyl (C=O) groups is 2. The number of aromatic nitrogens is 4. The van der Waals surface area contributed by atoms with Crippen molar-refractivity contribution in [3.63, 3.8) is 0 Å². The Labute approximate surface area is 101 Å². The number of hydrogen-bond donors (Lipinski definition) is 2. The monoisotopic (exact) mass is 275 g/mol. The van der Waals surface area contributed by atoms with Crippen LogP contribution in [-0.4, -0.2) is 42.7 Å². The molecule has 0 aromatic carbocycles. The van der Waals surface area contributed by atoms with Gasteiger partial charge in [0.15, 0.2) is 5.82 Å². The first-order chi connectivity index (χ1) is 8.80. The number of halogens is 3. The Morgan fingerprint density at radius 1 is 1.32 bits per heavy atom. The van der Waals surface area contributed by atoms with E-state index in [1.54, 1.807) is 0 Å². The van der Waals surface area contributed by atoms with Gasteiger partial charge in [0.05, 0.1) is 0 Å². The van der Waals surface area contributed by atoms with Crippen molar-refractivity contribution >= 4 is 23.5 Å². The predicted molar refractivity (Wildman–Crippen MR) is 52.4 cm³/mol. The quantitative estimate of drug-likeness (QED) is 0.817. The van der Waals surface area contributed by atoms with Crippen LogP contribution in [0.2, 0.25) is 0 Å². The van der Waals surface area contributed by atoms with E-state index in [0.717, 1.165) is 12.5 Å². The third-order valence-electron chi connectivity index (χ3n) is 2.03. The van der Waals surface area contributed by atoms with Crippen LogP contribution >= 0.6 is 0 Å². The zero-order chi connectivity index (χ0) is 14.2. The number of aromatic carboxylic acids is 1. The van der Waals surface area contributed by atoms with E-state index in [1.165, 1.54) is 5.32 Å². The van der Waals surface area contributed by atoms with Gasteiger partial charge in [0.25, 0.3) is 5.78 Å². The van der Waals surface area contributed by atoms with Gasteiger partial charge in [-0.1, -0.05) is 0 Å². The van der Waals surface area contributed by atoms with Crippen LogP contribution in [0.4, 0.5) is 19.0 Å². The van der Waals surface area contributed by atoms with Gasteiger partial charge in [-0.25, -0.2) is 9.78 Å². The van der Waals surface area contributed by atoms with Crippen LogP contribution in [0.25, 0.3) is 5.78 Å². The van der Waals surface area contributed by atoms with E-state index in [1.807, 2.05) is 0 Å². The molecule has 0 aliphatic rings. The van der Waals surface area contributed by atoms with Crippen molar-refractivity contribution in [1.29, 1.82) is 0 Å². The predicted octanol–water partition coefficient (Wildman–Crippen LogP) is 0.323. The number of fused-ring (bicyclic) bond motifs is 1. The lowest BCUT2D eigenvalue weighted by atomic mass is 10.3. The maximum absolute atomic E-state index is 12.2. The molecule has 2 heterocycles. The number of nitrogens with one attached hydrogen (secondary N) is 1. The van der Waals surface area contributed by atoms with Crippen LogP contribution in [0.5, 0.6) is 0 Å². The summed E-state index contributed by atoms with van der Waals surface area (Å²) in [6, 6.07) is 0. The van der Waals surface area contributed by atoms with Crippen molar-refractivity contribution in [2.75, 3.05) is 5.32 Å². The largest absolute Gasteiger partial charge is 0.477 e. The lowest BCUT2D eigenvalue weighted by molar-refractivity contribution is -0.167.